The van der Waals surface area contributed by atoms with Crippen LogP contribution in [0.5, 0.6) is 0 Å². The number of aryl methyl sites for hydroxylation is 1. The van der Waals surface area contributed by atoms with Crippen LogP contribution < -0.4 is 5.32 Å². The summed E-state index contributed by atoms with van der Waals surface area (Å²) in [6.07, 6.45) is 8.25. The Morgan fingerprint density at radius 1 is 1.17 bits per heavy atom. The lowest BCUT2D eigenvalue weighted by Gasteiger charge is -2.22. The van der Waals surface area contributed by atoms with Gasteiger partial charge in [0, 0.05) is 48.7 Å². The molecule has 0 aliphatic carbocycles. The summed E-state index contributed by atoms with van der Waals surface area (Å²) >= 11 is 1.43. The molecular formula is C26H32N6O3S. The molecule has 36 heavy (non-hydrogen) atoms. The fourth-order valence-electron chi connectivity index (χ4n) is 4.76. The van der Waals surface area contributed by atoms with Gasteiger partial charge in [0.15, 0.2) is 11.5 Å². The van der Waals surface area contributed by atoms with Crippen molar-refractivity contribution in [3.05, 3.63) is 47.0 Å². The van der Waals surface area contributed by atoms with E-state index in [0.29, 0.717) is 36.7 Å². The predicted octanol–water partition coefficient (Wildman–Crippen LogP) is 4.24. The molecule has 1 amide bonds. The number of nitrogens with one attached hydrogen (secondary N) is 1. The Labute approximate surface area is 214 Å². The van der Waals surface area contributed by atoms with Crippen LogP contribution in [-0.2, 0) is 11.2 Å². The summed E-state index contributed by atoms with van der Waals surface area (Å²) in [5.74, 6) is -0.392. The summed E-state index contributed by atoms with van der Waals surface area (Å²) in [7, 11) is 0. The van der Waals surface area contributed by atoms with E-state index in [-0.39, 0.29) is 17.7 Å². The molecule has 0 spiro atoms. The largest absolute Gasteiger partial charge is 0.381 e. The highest BCUT2D eigenvalue weighted by molar-refractivity contribution is 7.13. The standard InChI is InChI=1S/C26H32N6O3S/c1-2-31-11-3-5-19-15-18(7-10-27-19)26-29-22(17-36-26)25(34)28-21-16-32(20-8-13-35-14-9-20)30-24(21)23(33)6-4-12-31/h7,10,15-17,20H,2-6,8-9,11-14H2,1H3,(H,28,34). The average molecular weight is 509 g/mol. The van der Waals surface area contributed by atoms with Gasteiger partial charge in [0.25, 0.3) is 5.91 Å². The summed E-state index contributed by atoms with van der Waals surface area (Å²) < 4.78 is 7.31. The first-order chi connectivity index (χ1) is 17.6. The van der Waals surface area contributed by atoms with Crippen molar-refractivity contribution >= 4 is 28.7 Å². The number of Topliss-reactive ketones (excluding diaryl/α,β-unsaturated/α-hetero) is 1. The fraction of sp³-hybridized carbons (Fsp3) is 0.500. The van der Waals surface area contributed by atoms with E-state index in [1.165, 1.54) is 11.3 Å². The number of hydrogen-bond acceptors (Lipinski definition) is 8. The predicted molar refractivity (Wildman–Crippen MR) is 139 cm³/mol. The molecule has 3 aromatic heterocycles. The lowest BCUT2D eigenvalue weighted by atomic mass is 10.1. The molecule has 1 saturated heterocycles. The number of aromatic nitrogens is 4. The third-order valence-electron chi connectivity index (χ3n) is 6.84. The lowest BCUT2D eigenvalue weighted by molar-refractivity contribution is 0.0660. The SMILES string of the molecule is CCN1CCCC(=O)c2nn(C3CCOCC3)cc2NC(=O)c2csc(n2)-c2ccnc(c2)CCC1. The van der Waals surface area contributed by atoms with E-state index in [2.05, 4.69) is 38.3 Å². The van der Waals surface area contributed by atoms with Crippen LogP contribution in [0.3, 0.4) is 0 Å². The minimum Gasteiger partial charge on any atom is -0.381 e. The average Bonchev–Trinajstić information content (AvgIpc) is 3.56. The number of carbonyl (C=O) groups is 2. The molecule has 2 aliphatic heterocycles. The summed E-state index contributed by atoms with van der Waals surface area (Å²) in [4.78, 5) is 37.9. The molecule has 0 atom stereocenters. The highest BCUT2D eigenvalue weighted by atomic mass is 32.1. The monoisotopic (exact) mass is 508 g/mol. The first kappa shape index (κ1) is 24.7. The van der Waals surface area contributed by atoms with Gasteiger partial charge in [-0.2, -0.15) is 5.10 Å². The Morgan fingerprint density at radius 3 is 2.78 bits per heavy atom. The topological polar surface area (TPSA) is 102 Å². The molecule has 5 heterocycles. The number of amides is 1. The molecule has 4 bridgehead atoms. The number of rotatable bonds is 2. The normalized spacial score (nSPS) is 18.8. The molecule has 0 unspecified atom stereocenters. The van der Waals surface area contributed by atoms with E-state index in [1.54, 1.807) is 11.6 Å². The van der Waals surface area contributed by atoms with Gasteiger partial charge < -0.3 is 15.0 Å². The Balaban J connectivity index is 1.46. The van der Waals surface area contributed by atoms with Crippen molar-refractivity contribution in [2.45, 2.75) is 51.5 Å². The zero-order valence-electron chi connectivity index (χ0n) is 20.6. The number of pyridine rings is 1. The third-order valence-corrected chi connectivity index (χ3v) is 7.73. The van der Waals surface area contributed by atoms with Crippen LogP contribution >= 0.6 is 11.3 Å². The quantitative estimate of drug-likeness (QED) is 0.552. The molecule has 9 nitrogen and oxygen atoms in total. The molecular weight excluding hydrogens is 476 g/mol. The highest BCUT2D eigenvalue weighted by Crippen LogP contribution is 2.27. The minimum absolute atomic E-state index is 0.0496. The Bertz CT molecular complexity index is 1220. The number of hydrogen-bond donors (Lipinski definition) is 1. The summed E-state index contributed by atoms with van der Waals surface area (Å²) in [5, 5.41) is 10.1. The molecule has 1 fully saturated rings. The molecule has 190 valence electrons. The van der Waals surface area contributed by atoms with E-state index in [1.807, 2.05) is 16.9 Å². The zero-order valence-corrected chi connectivity index (χ0v) is 21.4. The second-order valence-electron chi connectivity index (χ2n) is 9.31. The maximum Gasteiger partial charge on any atom is 0.275 e. The van der Waals surface area contributed by atoms with E-state index in [9.17, 15) is 9.59 Å². The Kier molecular flexibility index (Phi) is 7.84. The van der Waals surface area contributed by atoms with Gasteiger partial charge in [-0.1, -0.05) is 6.92 Å². The summed E-state index contributed by atoms with van der Waals surface area (Å²) in [5.41, 5.74) is 3.08. The summed E-state index contributed by atoms with van der Waals surface area (Å²) in [6, 6.07) is 4.14. The van der Waals surface area contributed by atoms with Gasteiger partial charge in [0.05, 0.1) is 11.7 Å². The molecule has 1 N–H and O–H groups in total. The molecule has 0 aromatic carbocycles. The number of ketones is 1. The van der Waals surface area contributed by atoms with Gasteiger partial charge in [0.1, 0.15) is 10.7 Å². The van der Waals surface area contributed by atoms with Crippen molar-refractivity contribution in [1.82, 2.24) is 24.6 Å². The minimum atomic E-state index is -0.342. The second kappa shape index (κ2) is 11.4. The van der Waals surface area contributed by atoms with Gasteiger partial charge in [-0.15, -0.1) is 11.3 Å². The molecule has 2 aliphatic rings. The third kappa shape index (κ3) is 5.71. The number of anilines is 1. The van der Waals surface area contributed by atoms with Gasteiger partial charge in [-0.3, -0.25) is 19.3 Å². The fourth-order valence-corrected chi connectivity index (χ4v) is 5.56. The van der Waals surface area contributed by atoms with Crippen molar-refractivity contribution in [3.63, 3.8) is 0 Å². The van der Waals surface area contributed by atoms with Crippen molar-refractivity contribution in [2.24, 2.45) is 0 Å². The first-order valence-electron chi connectivity index (χ1n) is 12.8. The van der Waals surface area contributed by atoms with E-state index in [4.69, 9.17) is 4.74 Å². The van der Waals surface area contributed by atoms with Gasteiger partial charge >= 0.3 is 0 Å². The van der Waals surface area contributed by atoms with Gasteiger partial charge in [-0.05, 0) is 63.9 Å². The lowest BCUT2D eigenvalue weighted by Crippen LogP contribution is -2.26. The second-order valence-corrected chi connectivity index (χ2v) is 10.2. The van der Waals surface area contributed by atoms with Crippen LogP contribution in [-0.4, -0.2) is 69.2 Å². The highest BCUT2D eigenvalue weighted by Gasteiger charge is 2.24. The van der Waals surface area contributed by atoms with E-state index in [0.717, 1.165) is 68.0 Å². The van der Waals surface area contributed by atoms with Crippen molar-refractivity contribution < 1.29 is 14.3 Å². The first-order valence-corrected chi connectivity index (χ1v) is 13.6. The van der Waals surface area contributed by atoms with Gasteiger partial charge in [-0.25, -0.2) is 4.98 Å². The van der Waals surface area contributed by atoms with Crippen molar-refractivity contribution in [1.29, 1.82) is 0 Å². The van der Waals surface area contributed by atoms with Crippen LogP contribution in [0, 0.1) is 0 Å². The number of thiazole rings is 1. The zero-order chi connectivity index (χ0) is 24.9. The maximum atomic E-state index is 13.2. The summed E-state index contributed by atoms with van der Waals surface area (Å²) in [6.45, 7) is 6.22. The van der Waals surface area contributed by atoms with Crippen LogP contribution in [0.25, 0.3) is 10.6 Å². The van der Waals surface area contributed by atoms with Crippen LogP contribution in [0.15, 0.2) is 29.9 Å². The number of carbonyl (C=O) groups excluding carboxylic acids is 2. The molecule has 3 aromatic rings. The Morgan fingerprint density at radius 2 is 1.97 bits per heavy atom. The van der Waals surface area contributed by atoms with Crippen molar-refractivity contribution in [3.8, 4) is 10.6 Å². The smallest absolute Gasteiger partial charge is 0.275 e. The van der Waals surface area contributed by atoms with Gasteiger partial charge in [0.2, 0.25) is 0 Å². The number of nitrogens with zero attached hydrogens (tertiary/aromatic N) is 5. The Hall–Kier alpha value is -2.95. The van der Waals surface area contributed by atoms with Crippen molar-refractivity contribution in [2.75, 3.05) is 38.2 Å². The molecule has 0 saturated carbocycles. The molecule has 5 rings (SSSR count). The molecule has 10 heteroatoms. The van der Waals surface area contributed by atoms with Crippen LogP contribution in [0.1, 0.15) is 71.7 Å². The van der Waals surface area contributed by atoms with Crippen LogP contribution in [0.4, 0.5) is 5.69 Å². The van der Waals surface area contributed by atoms with E-state index < -0.39 is 0 Å². The maximum absolute atomic E-state index is 13.2. The van der Waals surface area contributed by atoms with E-state index >= 15 is 0 Å². The number of fused-ring (bicyclic) bond motifs is 6. The molecule has 0 radical (unpaired) electrons. The number of ether oxygens (including phenoxy) is 1. The van der Waals surface area contributed by atoms with Crippen LogP contribution in [0.2, 0.25) is 0 Å².